The predicted octanol–water partition coefficient (Wildman–Crippen LogP) is 4.23. The second-order valence-corrected chi connectivity index (χ2v) is 4.46. The van der Waals surface area contributed by atoms with Crippen molar-refractivity contribution in [1.29, 1.82) is 0 Å². The lowest BCUT2D eigenvalue weighted by Gasteiger charge is -2.08. The van der Waals surface area contributed by atoms with Gasteiger partial charge in [0.1, 0.15) is 5.76 Å². The first kappa shape index (κ1) is 13.1. The Morgan fingerprint density at radius 3 is 2.11 bits per heavy atom. The molecule has 2 aromatic rings. The van der Waals surface area contributed by atoms with Crippen molar-refractivity contribution in [3.8, 4) is 11.1 Å². The van der Waals surface area contributed by atoms with Crippen molar-refractivity contribution in [2.45, 2.75) is 13.8 Å². The van der Waals surface area contributed by atoms with Crippen molar-refractivity contribution in [3.05, 3.63) is 65.9 Å². The monoisotopic (exact) mass is 252 g/mol. The third kappa shape index (κ3) is 2.91. The normalized spacial score (nSPS) is 11.9. The number of aliphatic hydroxyl groups excluding tert-OH is 1. The van der Waals surface area contributed by atoms with Crippen molar-refractivity contribution in [2.75, 3.05) is 0 Å². The number of allylic oxidation sites excluding steroid dienone is 2. The van der Waals surface area contributed by atoms with E-state index < -0.39 is 0 Å². The number of Topliss-reactive ketones (excluding diaryl/α,β-unsaturated/α-hetero) is 1. The van der Waals surface area contributed by atoms with Gasteiger partial charge in [-0.1, -0.05) is 48.5 Å². The molecule has 0 bridgehead atoms. The van der Waals surface area contributed by atoms with Crippen LogP contribution in [0.3, 0.4) is 0 Å². The van der Waals surface area contributed by atoms with E-state index in [1.54, 1.807) is 0 Å². The maximum absolute atomic E-state index is 11.6. The molecule has 0 aliphatic carbocycles. The SMILES string of the molecule is CC(=O)/C(=C(/C)O)c1cccc(-c2ccccc2)c1. The van der Waals surface area contributed by atoms with Gasteiger partial charge in [0.15, 0.2) is 5.78 Å². The summed E-state index contributed by atoms with van der Waals surface area (Å²) in [6, 6.07) is 17.6. The summed E-state index contributed by atoms with van der Waals surface area (Å²) in [5, 5.41) is 9.66. The fourth-order valence-corrected chi connectivity index (χ4v) is 2.15. The zero-order valence-corrected chi connectivity index (χ0v) is 11.1. The summed E-state index contributed by atoms with van der Waals surface area (Å²) in [7, 11) is 0. The first-order valence-corrected chi connectivity index (χ1v) is 6.16. The van der Waals surface area contributed by atoms with Gasteiger partial charge in [-0.25, -0.2) is 0 Å². The fourth-order valence-electron chi connectivity index (χ4n) is 2.15. The van der Waals surface area contributed by atoms with Crippen LogP contribution in [0.5, 0.6) is 0 Å². The van der Waals surface area contributed by atoms with E-state index in [2.05, 4.69) is 0 Å². The Hall–Kier alpha value is -2.35. The van der Waals surface area contributed by atoms with Gasteiger partial charge in [0.25, 0.3) is 0 Å². The summed E-state index contributed by atoms with van der Waals surface area (Å²) in [6.45, 7) is 3.00. The highest BCUT2D eigenvalue weighted by Crippen LogP contribution is 2.25. The van der Waals surface area contributed by atoms with Gasteiger partial charge in [-0.3, -0.25) is 4.79 Å². The summed E-state index contributed by atoms with van der Waals surface area (Å²) < 4.78 is 0. The number of rotatable bonds is 3. The van der Waals surface area contributed by atoms with Crippen LogP contribution in [0.25, 0.3) is 16.7 Å². The van der Waals surface area contributed by atoms with E-state index >= 15 is 0 Å². The minimum absolute atomic E-state index is 0.0534. The van der Waals surface area contributed by atoms with E-state index in [0.29, 0.717) is 5.57 Å². The number of hydrogen-bond acceptors (Lipinski definition) is 2. The lowest BCUT2D eigenvalue weighted by atomic mass is 9.96. The Labute approximate surface area is 113 Å². The molecule has 0 aliphatic rings. The van der Waals surface area contributed by atoms with Gasteiger partial charge in [0.2, 0.25) is 0 Å². The highest BCUT2D eigenvalue weighted by atomic mass is 16.3. The summed E-state index contributed by atoms with van der Waals surface area (Å²) >= 11 is 0. The smallest absolute Gasteiger partial charge is 0.163 e. The maximum atomic E-state index is 11.6. The van der Waals surface area contributed by atoms with E-state index in [4.69, 9.17) is 0 Å². The van der Waals surface area contributed by atoms with Crippen molar-refractivity contribution in [3.63, 3.8) is 0 Å². The first-order chi connectivity index (χ1) is 9.09. The third-order valence-corrected chi connectivity index (χ3v) is 2.97. The molecule has 0 spiro atoms. The van der Waals surface area contributed by atoms with Crippen molar-refractivity contribution < 1.29 is 9.90 Å². The molecule has 96 valence electrons. The molecular weight excluding hydrogens is 236 g/mol. The molecule has 0 saturated carbocycles. The predicted molar refractivity (Wildman–Crippen MR) is 77.8 cm³/mol. The molecule has 2 nitrogen and oxygen atoms in total. The molecule has 0 fully saturated rings. The van der Waals surface area contributed by atoms with Gasteiger partial charge >= 0.3 is 0 Å². The average Bonchev–Trinajstić information content (AvgIpc) is 2.39. The standard InChI is InChI=1S/C17H16O2/c1-12(18)17(13(2)19)16-10-6-9-15(11-16)14-7-4-3-5-8-14/h3-11,18H,1-2H3/b17-12+. The molecule has 0 unspecified atom stereocenters. The van der Waals surface area contributed by atoms with Crippen LogP contribution in [-0.2, 0) is 4.79 Å². The van der Waals surface area contributed by atoms with Gasteiger partial charge < -0.3 is 5.11 Å². The van der Waals surface area contributed by atoms with Gasteiger partial charge in [-0.2, -0.15) is 0 Å². The average molecular weight is 252 g/mol. The van der Waals surface area contributed by atoms with Crippen LogP contribution in [0.4, 0.5) is 0 Å². The molecule has 2 heteroatoms. The summed E-state index contributed by atoms with van der Waals surface area (Å²) in [4.78, 5) is 11.6. The lowest BCUT2D eigenvalue weighted by Crippen LogP contribution is -1.99. The number of carbonyl (C=O) groups is 1. The molecule has 0 aromatic heterocycles. The fraction of sp³-hybridized carbons (Fsp3) is 0.118. The molecule has 19 heavy (non-hydrogen) atoms. The quantitative estimate of drug-likeness (QED) is 0.655. The van der Waals surface area contributed by atoms with Gasteiger partial charge in [-0.05, 0) is 36.6 Å². The van der Waals surface area contributed by atoms with Crippen LogP contribution in [0.1, 0.15) is 19.4 Å². The highest BCUT2D eigenvalue weighted by molar-refractivity contribution is 6.20. The van der Waals surface area contributed by atoms with E-state index in [1.165, 1.54) is 13.8 Å². The van der Waals surface area contributed by atoms with Gasteiger partial charge in [-0.15, -0.1) is 0 Å². The molecule has 2 rings (SSSR count). The van der Waals surface area contributed by atoms with Crippen LogP contribution in [0.2, 0.25) is 0 Å². The number of ketones is 1. The van der Waals surface area contributed by atoms with Crippen molar-refractivity contribution >= 4 is 11.4 Å². The Morgan fingerprint density at radius 1 is 0.895 bits per heavy atom. The van der Waals surface area contributed by atoms with Crippen molar-refractivity contribution in [2.24, 2.45) is 0 Å². The zero-order chi connectivity index (χ0) is 13.8. The van der Waals surface area contributed by atoms with Crippen LogP contribution < -0.4 is 0 Å². The second-order valence-electron chi connectivity index (χ2n) is 4.46. The molecule has 1 N–H and O–H groups in total. The van der Waals surface area contributed by atoms with Crippen molar-refractivity contribution in [1.82, 2.24) is 0 Å². The topological polar surface area (TPSA) is 37.3 Å². The van der Waals surface area contributed by atoms with E-state index in [0.717, 1.165) is 16.7 Å². The molecule has 0 aliphatic heterocycles. The minimum atomic E-state index is -0.134. The van der Waals surface area contributed by atoms with Crippen LogP contribution >= 0.6 is 0 Å². The van der Waals surface area contributed by atoms with Crippen LogP contribution in [0, 0.1) is 0 Å². The van der Waals surface area contributed by atoms with Crippen LogP contribution in [-0.4, -0.2) is 10.9 Å². The third-order valence-electron chi connectivity index (χ3n) is 2.97. The van der Waals surface area contributed by atoms with E-state index in [9.17, 15) is 9.90 Å². The Balaban J connectivity index is 2.52. The number of hydrogen-bond donors (Lipinski definition) is 1. The second kappa shape index (κ2) is 5.53. The maximum Gasteiger partial charge on any atom is 0.163 e. The molecule has 0 radical (unpaired) electrons. The Bertz CT molecular complexity index is 621. The molecule has 0 saturated heterocycles. The number of benzene rings is 2. The molecular formula is C17H16O2. The molecule has 0 amide bonds. The van der Waals surface area contributed by atoms with Gasteiger partial charge in [0, 0.05) is 0 Å². The first-order valence-electron chi connectivity index (χ1n) is 6.16. The highest BCUT2D eigenvalue weighted by Gasteiger charge is 2.11. The number of carbonyl (C=O) groups excluding carboxylic acids is 1. The zero-order valence-electron chi connectivity index (χ0n) is 11.1. The largest absolute Gasteiger partial charge is 0.512 e. The molecule has 0 heterocycles. The molecule has 2 aromatic carbocycles. The number of aliphatic hydroxyl groups is 1. The van der Waals surface area contributed by atoms with E-state index in [1.807, 2.05) is 54.6 Å². The Morgan fingerprint density at radius 2 is 1.53 bits per heavy atom. The summed E-state index contributed by atoms with van der Waals surface area (Å²) in [5.74, 6) is -0.0806. The summed E-state index contributed by atoms with van der Waals surface area (Å²) in [6.07, 6.45) is 0. The van der Waals surface area contributed by atoms with E-state index in [-0.39, 0.29) is 11.5 Å². The van der Waals surface area contributed by atoms with Crippen LogP contribution in [0.15, 0.2) is 60.4 Å². The minimum Gasteiger partial charge on any atom is -0.512 e. The Kier molecular flexibility index (Phi) is 3.81. The van der Waals surface area contributed by atoms with Gasteiger partial charge in [0.05, 0.1) is 5.57 Å². The lowest BCUT2D eigenvalue weighted by molar-refractivity contribution is -0.111. The molecule has 0 atom stereocenters. The summed E-state index contributed by atoms with van der Waals surface area (Å²) in [5.41, 5.74) is 3.23.